The third-order valence-corrected chi connectivity index (χ3v) is 3.13. The van der Waals surface area contributed by atoms with Crippen LogP contribution in [0.5, 0.6) is 0 Å². The van der Waals surface area contributed by atoms with Gasteiger partial charge in [0, 0.05) is 12.6 Å². The van der Waals surface area contributed by atoms with E-state index in [1.807, 2.05) is 0 Å². The fraction of sp³-hybridized carbons (Fsp3) is 0.429. The minimum absolute atomic E-state index is 0.00183. The first-order valence-corrected chi connectivity index (χ1v) is 7.32. The summed E-state index contributed by atoms with van der Waals surface area (Å²) in [6, 6.07) is 4.58. The summed E-state index contributed by atoms with van der Waals surface area (Å²) in [7, 11) is 0. The zero-order chi connectivity index (χ0) is 17.7. The lowest BCUT2D eigenvalue weighted by Gasteiger charge is -2.32. The highest BCUT2D eigenvalue weighted by molar-refractivity contribution is 7.80. The molecule has 0 radical (unpaired) electrons. The standard InChI is InChI=1S/C14H15F3N2O4S/c1-8(20)23-12-11(21-5-6-22-12)19-13(24)18-10-4-2-3-9(7-10)14(15,16)17/h2-4,7,11-12H,5-6H2,1H3,(H2,18,19,24)/t11-,12+/m1/s1. The zero-order valence-corrected chi connectivity index (χ0v) is 13.4. The Kier molecular flexibility index (Phi) is 5.97. The van der Waals surface area contributed by atoms with E-state index in [1.54, 1.807) is 0 Å². The molecule has 132 valence electrons. The molecule has 1 aromatic rings. The molecule has 1 saturated heterocycles. The van der Waals surface area contributed by atoms with E-state index in [9.17, 15) is 18.0 Å². The van der Waals surface area contributed by atoms with Crippen LogP contribution in [0.25, 0.3) is 0 Å². The summed E-state index contributed by atoms with van der Waals surface area (Å²) >= 11 is 5.04. The number of rotatable bonds is 3. The Balaban J connectivity index is 1.98. The van der Waals surface area contributed by atoms with Crippen molar-refractivity contribution in [3.05, 3.63) is 29.8 Å². The molecule has 1 aliphatic heterocycles. The second-order valence-corrected chi connectivity index (χ2v) is 5.23. The van der Waals surface area contributed by atoms with E-state index in [2.05, 4.69) is 10.6 Å². The van der Waals surface area contributed by atoms with Crippen LogP contribution in [0, 0.1) is 0 Å². The van der Waals surface area contributed by atoms with Gasteiger partial charge in [0.15, 0.2) is 11.3 Å². The highest BCUT2D eigenvalue weighted by Crippen LogP contribution is 2.30. The lowest BCUT2D eigenvalue weighted by Crippen LogP contribution is -2.52. The van der Waals surface area contributed by atoms with Crippen molar-refractivity contribution >= 4 is 29.0 Å². The maximum atomic E-state index is 12.7. The van der Waals surface area contributed by atoms with Crippen molar-refractivity contribution < 1.29 is 32.2 Å². The number of thiocarbonyl (C=S) groups is 1. The van der Waals surface area contributed by atoms with E-state index < -0.39 is 30.2 Å². The van der Waals surface area contributed by atoms with Crippen LogP contribution in [0.3, 0.4) is 0 Å². The molecule has 24 heavy (non-hydrogen) atoms. The van der Waals surface area contributed by atoms with Gasteiger partial charge in [0.05, 0.1) is 18.8 Å². The molecule has 1 aliphatic rings. The molecule has 1 heterocycles. The van der Waals surface area contributed by atoms with Gasteiger partial charge in [0.25, 0.3) is 0 Å². The summed E-state index contributed by atoms with van der Waals surface area (Å²) in [6.45, 7) is 1.71. The van der Waals surface area contributed by atoms with Crippen molar-refractivity contribution in [1.29, 1.82) is 0 Å². The topological polar surface area (TPSA) is 68.8 Å². The van der Waals surface area contributed by atoms with Crippen LogP contribution in [0.15, 0.2) is 24.3 Å². The van der Waals surface area contributed by atoms with Crippen molar-refractivity contribution in [3.63, 3.8) is 0 Å². The number of nitrogens with one attached hydrogen (secondary N) is 2. The Morgan fingerprint density at radius 1 is 1.33 bits per heavy atom. The molecule has 0 aliphatic carbocycles. The van der Waals surface area contributed by atoms with Crippen LogP contribution in [-0.2, 0) is 25.2 Å². The molecule has 1 fully saturated rings. The molecule has 0 amide bonds. The predicted molar refractivity (Wildman–Crippen MR) is 82.0 cm³/mol. The summed E-state index contributed by atoms with van der Waals surface area (Å²) < 4.78 is 53.6. The smallest absolute Gasteiger partial charge is 0.416 e. The molecule has 10 heteroatoms. The largest absolute Gasteiger partial charge is 0.431 e. The van der Waals surface area contributed by atoms with Gasteiger partial charge in [-0.05, 0) is 30.4 Å². The Morgan fingerprint density at radius 3 is 2.71 bits per heavy atom. The Hall–Kier alpha value is -1.91. The Morgan fingerprint density at radius 2 is 2.04 bits per heavy atom. The van der Waals surface area contributed by atoms with E-state index in [4.69, 9.17) is 26.4 Å². The molecule has 1 aromatic carbocycles. The van der Waals surface area contributed by atoms with Gasteiger partial charge in [-0.25, -0.2) is 0 Å². The van der Waals surface area contributed by atoms with Crippen LogP contribution in [0.2, 0.25) is 0 Å². The van der Waals surface area contributed by atoms with Gasteiger partial charge in [-0.15, -0.1) is 0 Å². The average molecular weight is 364 g/mol. The fourth-order valence-electron chi connectivity index (χ4n) is 1.94. The lowest BCUT2D eigenvalue weighted by atomic mass is 10.2. The first kappa shape index (κ1) is 18.4. The Labute approximate surface area is 141 Å². The molecule has 6 nitrogen and oxygen atoms in total. The number of hydrogen-bond donors (Lipinski definition) is 2. The van der Waals surface area contributed by atoms with E-state index in [0.29, 0.717) is 0 Å². The molecule has 0 aromatic heterocycles. The number of hydrogen-bond acceptors (Lipinski definition) is 5. The van der Waals surface area contributed by atoms with Crippen molar-refractivity contribution in [1.82, 2.24) is 5.32 Å². The number of carbonyl (C=O) groups is 1. The molecule has 2 rings (SSSR count). The van der Waals surface area contributed by atoms with Crippen molar-refractivity contribution in [2.45, 2.75) is 25.6 Å². The molecule has 0 unspecified atom stereocenters. The third-order valence-electron chi connectivity index (χ3n) is 2.91. The van der Waals surface area contributed by atoms with Crippen molar-refractivity contribution in [3.8, 4) is 0 Å². The fourth-order valence-corrected chi connectivity index (χ4v) is 2.18. The highest BCUT2D eigenvalue weighted by Gasteiger charge is 2.31. The maximum absolute atomic E-state index is 12.7. The van der Waals surface area contributed by atoms with Gasteiger partial charge in [0.1, 0.15) is 0 Å². The first-order valence-electron chi connectivity index (χ1n) is 6.91. The van der Waals surface area contributed by atoms with Gasteiger partial charge < -0.3 is 24.8 Å². The average Bonchev–Trinajstić information content (AvgIpc) is 2.48. The minimum Gasteiger partial charge on any atom is -0.431 e. The SMILES string of the molecule is CC(=O)O[C@@H]1OCCO[C@H]1NC(=S)Nc1cccc(C(F)(F)F)c1. The van der Waals surface area contributed by atoms with Crippen molar-refractivity contribution in [2.24, 2.45) is 0 Å². The molecule has 0 spiro atoms. The monoisotopic (exact) mass is 364 g/mol. The van der Waals surface area contributed by atoms with Gasteiger partial charge in [0.2, 0.25) is 6.29 Å². The number of halogens is 3. The van der Waals surface area contributed by atoms with Crippen LogP contribution >= 0.6 is 12.2 Å². The lowest BCUT2D eigenvalue weighted by molar-refractivity contribution is -0.244. The number of carbonyl (C=O) groups excluding carboxylic acids is 1. The summed E-state index contributed by atoms with van der Waals surface area (Å²) in [6.07, 6.45) is -6.32. The zero-order valence-electron chi connectivity index (χ0n) is 12.6. The molecule has 2 N–H and O–H groups in total. The molecule has 0 bridgehead atoms. The van der Waals surface area contributed by atoms with Gasteiger partial charge in [-0.3, -0.25) is 4.79 Å². The second-order valence-electron chi connectivity index (χ2n) is 4.82. The summed E-state index contributed by atoms with van der Waals surface area (Å²) in [5.74, 6) is -0.561. The molecule has 2 atom stereocenters. The second kappa shape index (κ2) is 7.77. The van der Waals surface area contributed by atoms with Crippen LogP contribution in [0.4, 0.5) is 18.9 Å². The summed E-state index contributed by atoms with van der Waals surface area (Å²) in [5.41, 5.74) is -0.645. The van der Waals surface area contributed by atoms with E-state index in [0.717, 1.165) is 12.1 Å². The van der Waals surface area contributed by atoms with Crippen molar-refractivity contribution in [2.75, 3.05) is 18.5 Å². The van der Waals surface area contributed by atoms with E-state index in [-0.39, 0.29) is 24.0 Å². The number of ether oxygens (including phenoxy) is 3. The van der Waals surface area contributed by atoms with Crippen LogP contribution in [0.1, 0.15) is 12.5 Å². The number of benzene rings is 1. The highest BCUT2D eigenvalue weighted by atomic mass is 32.1. The quantitative estimate of drug-likeness (QED) is 0.630. The minimum atomic E-state index is -4.45. The van der Waals surface area contributed by atoms with Gasteiger partial charge in [-0.2, -0.15) is 13.2 Å². The first-order chi connectivity index (χ1) is 11.3. The van der Waals surface area contributed by atoms with E-state index in [1.165, 1.54) is 19.1 Å². The summed E-state index contributed by atoms with van der Waals surface area (Å²) in [4.78, 5) is 11.0. The molecule has 0 saturated carbocycles. The molecular weight excluding hydrogens is 349 g/mol. The third kappa shape index (κ3) is 5.32. The van der Waals surface area contributed by atoms with Crippen LogP contribution < -0.4 is 10.6 Å². The normalized spacial score (nSPS) is 21.0. The maximum Gasteiger partial charge on any atom is 0.416 e. The number of alkyl halides is 3. The summed E-state index contributed by atoms with van der Waals surface area (Å²) in [5, 5.41) is 5.32. The van der Waals surface area contributed by atoms with Crippen LogP contribution in [-0.4, -0.2) is 36.8 Å². The number of esters is 1. The van der Waals surface area contributed by atoms with Gasteiger partial charge in [-0.1, -0.05) is 6.07 Å². The number of anilines is 1. The van der Waals surface area contributed by atoms with E-state index >= 15 is 0 Å². The Bertz CT molecular complexity index is 612. The van der Waals surface area contributed by atoms with Gasteiger partial charge >= 0.3 is 12.1 Å². The predicted octanol–water partition coefficient (Wildman–Crippen LogP) is 2.25. The molecular formula is C14H15F3N2O4S.